The van der Waals surface area contributed by atoms with Crippen LogP contribution >= 0.6 is 0 Å². The summed E-state index contributed by atoms with van der Waals surface area (Å²) in [5, 5.41) is 0. The maximum Gasteiger partial charge on any atom is 0.240 e. The number of ether oxygens (including phenoxy) is 1. The van der Waals surface area contributed by atoms with Crippen LogP contribution in [0.15, 0.2) is 47.4 Å². The average Bonchev–Trinajstić information content (AvgIpc) is 3.04. The Morgan fingerprint density at radius 2 is 2.04 bits per heavy atom. The summed E-state index contributed by atoms with van der Waals surface area (Å²) < 4.78 is 33.3. The van der Waals surface area contributed by atoms with E-state index in [4.69, 9.17) is 4.74 Å². The molecule has 0 aromatic heterocycles. The standard InChI is InChI=1S/C19H22N2O4S/c1-3-25-17-6-4-5-15(11-17)13-20-26(23,24)18-7-8-19-16(12-18)9-10-21(19)14(2)22/h4-8,11-12,20H,3,9-10,13H2,1-2H3. The number of anilines is 1. The van der Waals surface area contributed by atoms with Gasteiger partial charge >= 0.3 is 0 Å². The molecule has 0 saturated carbocycles. The first-order valence-electron chi connectivity index (χ1n) is 8.53. The predicted molar refractivity (Wildman–Crippen MR) is 99.8 cm³/mol. The zero-order valence-corrected chi connectivity index (χ0v) is 15.7. The van der Waals surface area contributed by atoms with Gasteiger partial charge in [-0.3, -0.25) is 4.79 Å². The lowest BCUT2D eigenvalue weighted by molar-refractivity contribution is -0.116. The fraction of sp³-hybridized carbons (Fsp3) is 0.316. The molecule has 0 saturated heterocycles. The van der Waals surface area contributed by atoms with Gasteiger partial charge < -0.3 is 9.64 Å². The van der Waals surface area contributed by atoms with Gasteiger partial charge in [0.2, 0.25) is 15.9 Å². The van der Waals surface area contributed by atoms with Crippen LogP contribution in [-0.4, -0.2) is 27.5 Å². The molecule has 0 atom stereocenters. The molecule has 3 rings (SSSR count). The van der Waals surface area contributed by atoms with Crippen LogP contribution in [0.25, 0.3) is 0 Å². The van der Waals surface area contributed by atoms with Gasteiger partial charge in [0.05, 0.1) is 11.5 Å². The molecule has 0 fully saturated rings. The first kappa shape index (κ1) is 18.4. The molecule has 1 heterocycles. The number of hydrogen-bond acceptors (Lipinski definition) is 4. The molecule has 2 aromatic rings. The third kappa shape index (κ3) is 3.89. The van der Waals surface area contributed by atoms with Gasteiger partial charge in [-0.1, -0.05) is 12.1 Å². The first-order valence-corrected chi connectivity index (χ1v) is 10.0. The fourth-order valence-corrected chi connectivity index (χ4v) is 4.11. The number of benzene rings is 2. The third-order valence-corrected chi connectivity index (χ3v) is 5.71. The molecule has 26 heavy (non-hydrogen) atoms. The molecule has 6 nitrogen and oxygen atoms in total. The van der Waals surface area contributed by atoms with E-state index in [1.807, 2.05) is 31.2 Å². The van der Waals surface area contributed by atoms with Gasteiger partial charge in [-0.2, -0.15) is 0 Å². The van der Waals surface area contributed by atoms with E-state index in [2.05, 4.69) is 4.72 Å². The normalized spacial score (nSPS) is 13.5. The Labute approximate surface area is 153 Å². The minimum atomic E-state index is -3.64. The number of carbonyl (C=O) groups excluding carboxylic acids is 1. The van der Waals surface area contributed by atoms with E-state index in [0.29, 0.717) is 25.3 Å². The van der Waals surface area contributed by atoms with E-state index in [1.165, 1.54) is 6.92 Å². The lowest BCUT2D eigenvalue weighted by Gasteiger charge is -2.15. The van der Waals surface area contributed by atoms with E-state index in [1.54, 1.807) is 23.1 Å². The quantitative estimate of drug-likeness (QED) is 0.843. The highest BCUT2D eigenvalue weighted by molar-refractivity contribution is 7.89. The van der Waals surface area contributed by atoms with Gasteiger partial charge in [-0.25, -0.2) is 13.1 Å². The van der Waals surface area contributed by atoms with Crippen molar-refractivity contribution in [3.63, 3.8) is 0 Å². The number of rotatable bonds is 6. The van der Waals surface area contributed by atoms with Crippen LogP contribution in [-0.2, 0) is 27.8 Å². The molecular weight excluding hydrogens is 352 g/mol. The van der Waals surface area contributed by atoms with E-state index >= 15 is 0 Å². The number of fused-ring (bicyclic) bond motifs is 1. The second-order valence-electron chi connectivity index (χ2n) is 6.12. The van der Waals surface area contributed by atoms with Crippen molar-refractivity contribution in [1.29, 1.82) is 0 Å². The second kappa shape index (κ2) is 7.47. The van der Waals surface area contributed by atoms with Gasteiger partial charge in [0.25, 0.3) is 0 Å². The van der Waals surface area contributed by atoms with Crippen LogP contribution in [0.3, 0.4) is 0 Å². The van der Waals surface area contributed by atoms with E-state index in [0.717, 1.165) is 16.8 Å². The number of amides is 1. The summed E-state index contributed by atoms with van der Waals surface area (Å²) in [5.74, 6) is 0.678. The minimum absolute atomic E-state index is 0.0355. The summed E-state index contributed by atoms with van der Waals surface area (Å²) in [7, 11) is -3.64. The van der Waals surface area contributed by atoms with Gasteiger partial charge in [0.15, 0.2) is 0 Å². The molecule has 0 unspecified atom stereocenters. The smallest absolute Gasteiger partial charge is 0.240 e. The Bertz CT molecular complexity index is 925. The molecule has 7 heteroatoms. The monoisotopic (exact) mass is 374 g/mol. The molecule has 1 aliphatic heterocycles. The molecular formula is C19H22N2O4S. The molecule has 0 radical (unpaired) electrons. The van der Waals surface area contributed by atoms with Crippen molar-refractivity contribution in [2.24, 2.45) is 0 Å². The van der Waals surface area contributed by atoms with E-state index in [-0.39, 0.29) is 17.3 Å². The zero-order chi connectivity index (χ0) is 18.7. The Kier molecular flexibility index (Phi) is 5.29. The van der Waals surface area contributed by atoms with Crippen molar-refractivity contribution in [3.05, 3.63) is 53.6 Å². The Morgan fingerprint density at radius 1 is 1.23 bits per heavy atom. The second-order valence-corrected chi connectivity index (χ2v) is 7.88. The van der Waals surface area contributed by atoms with Crippen molar-refractivity contribution >= 4 is 21.6 Å². The van der Waals surface area contributed by atoms with Crippen molar-refractivity contribution in [2.45, 2.75) is 31.7 Å². The highest BCUT2D eigenvalue weighted by atomic mass is 32.2. The zero-order valence-electron chi connectivity index (χ0n) is 14.9. The van der Waals surface area contributed by atoms with Gasteiger partial charge in [0, 0.05) is 25.7 Å². The minimum Gasteiger partial charge on any atom is -0.494 e. The fourth-order valence-electron chi connectivity index (χ4n) is 3.05. The first-order chi connectivity index (χ1) is 12.4. The highest BCUT2D eigenvalue weighted by Crippen LogP contribution is 2.30. The summed E-state index contributed by atoms with van der Waals surface area (Å²) in [6.07, 6.45) is 0.661. The summed E-state index contributed by atoms with van der Waals surface area (Å²) in [4.78, 5) is 13.5. The Morgan fingerprint density at radius 3 is 2.77 bits per heavy atom. The Hall–Kier alpha value is -2.38. The number of nitrogens with one attached hydrogen (secondary N) is 1. The number of hydrogen-bond donors (Lipinski definition) is 1. The van der Waals surface area contributed by atoms with Crippen LogP contribution < -0.4 is 14.4 Å². The molecule has 1 aliphatic rings. The summed E-state index contributed by atoms with van der Waals surface area (Å²) in [6, 6.07) is 12.2. The lowest BCUT2D eigenvalue weighted by atomic mass is 10.2. The largest absolute Gasteiger partial charge is 0.494 e. The molecule has 0 bridgehead atoms. The van der Waals surface area contributed by atoms with Crippen molar-refractivity contribution in [3.8, 4) is 5.75 Å². The third-order valence-electron chi connectivity index (χ3n) is 4.31. The van der Waals surface area contributed by atoms with Crippen LogP contribution in [0.4, 0.5) is 5.69 Å². The maximum atomic E-state index is 12.6. The van der Waals surface area contributed by atoms with Crippen molar-refractivity contribution in [2.75, 3.05) is 18.1 Å². The van der Waals surface area contributed by atoms with E-state index in [9.17, 15) is 13.2 Å². The summed E-state index contributed by atoms with van der Waals surface area (Å²) in [5.41, 5.74) is 2.49. The van der Waals surface area contributed by atoms with Gasteiger partial charge in [0.1, 0.15) is 5.75 Å². The molecule has 0 spiro atoms. The van der Waals surface area contributed by atoms with Crippen molar-refractivity contribution in [1.82, 2.24) is 4.72 Å². The number of carbonyl (C=O) groups is 1. The van der Waals surface area contributed by atoms with Crippen LogP contribution in [0.2, 0.25) is 0 Å². The summed E-state index contributed by atoms with van der Waals surface area (Å²) in [6.45, 7) is 4.74. The number of nitrogens with zero attached hydrogens (tertiary/aromatic N) is 1. The Balaban J connectivity index is 1.75. The van der Waals surface area contributed by atoms with Crippen LogP contribution in [0.5, 0.6) is 5.75 Å². The highest BCUT2D eigenvalue weighted by Gasteiger charge is 2.24. The molecule has 1 N–H and O–H groups in total. The van der Waals surface area contributed by atoms with E-state index < -0.39 is 10.0 Å². The molecule has 0 aliphatic carbocycles. The topological polar surface area (TPSA) is 75.7 Å². The van der Waals surface area contributed by atoms with Gasteiger partial charge in [-0.05, 0) is 54.8 Å². The SMILES string of the molecule is CCOc1cccc(CNS(=O)(=O)c2ccc3c(c2)CCN3C(C)=O)c1. The van der Waals surface area contributed by atoms with Crippen molar-refractivity contribution < 1.29 is 17.9 Å². The maximum absolute atomic E-state index is 12.6. The lowest BCUT2D eigenvalue weighted by Crippen LogP contribution is -2.26. The van der Waals surface area contributed by atoms with Gasteiger partial charge in [-0.15, -0.1) is 0 Å². The average molecular weight is 374 g/mol. The molecule has 138 valence electrons. The van der Waals surface area contributed by atoms with Crippen LogP contribution in [0, 0.1) is 0 Å². The van der Waals surface area contributed by atoms with Crippen LogP contribution in [0.1, 0.15) is 25.0 Å². The predicted octanol–water partition coefficient (Wildman–Crippen LogP) is 2.47. The summed E-state index contributed by atoms with van der Waals surface area (Å²) >= 11 is 0. The molecule has 2 aromatic carbocycles. The number of sulfonamides is 1. The molecule has 1 amide bonds.